The molecule has 2 aliphatic carbocycles. The third kappa shape index (κ3) is 6.68. The molecule has 0 atom stereocenters. The van der Waals surface area contributed by atoms with Crippen molar-refractivity contribution in [2.24, 2.45) is 0 Å². The average molecular weight is 488 g/mol. The lowest BCUT2D eigenvalue weighted by molar-refractivity contribution is -0.131. The summed E-state index contributed by atoms with van der Waals surface area (Å²) in [5.74, 6) is -1.07. The predicted molar refractivity (Wildman–Crippen MR) is 122 cm³/mol. The van der Waals surface area contributed by atoms with Crippen molar-refractivity contribution < 1.29 is 32.6 Å². The molecule has 0 bridgehead atoms. The fourth-order valence-corrected chi connectivity index (χ4v) is 3.62. The lowest BCUT2D eigenvalue weighted by Crippen LogP contribution is -2.41. The van der Waals surface area contributed by atoms with Crippen LogP contribution in [0, 0.1) is 0 Å². The van der Waals surface area contributed by atoms with Crippen LogP contribution in [0.2, 0.25) is 0 Å². The number of carbonyl (C=O) groups excluding carboxylic acids is 3. The minimum absolute atomic E-state index is 0.0156. The van der Waals surface area contributed by atoms with Gasteiger partial charge in [0.1, 0.15) is 0 Å². The number of amides is 3. The van der Waals surface area contributed by atoms with Gasteiger partial charge in [-0.25, -0.2) is 0 Å². The van der Waals surface area contributed by atoms with Gasteiger partial charge in [0.05, 0.1) is 13.7 Å². The van der Waals surface area contributed by atoms with Gasteiger partial charge in [-0.2, -0.15) is 8.78 Å². The van der Waals surface area contributed by atoms with E-state index < -0.39 is 12.5 Å². The van der Waals surface area contributed by atoms with Crippen LogP contribution in [0.25, 0.3) is 0 Å². The van der Waals surface area contributed by atoms with E-state index in [2.05, 4.69) is 15.4 Å². The average Bonchev–Trinajstić information content (AvgIpc) is 3.76. The van der Waals surface area contributed by atoms with Crippen LogP contribution in [-0.2, 0) is 11.3 Å². The van der Waals surface area contributed by atoms with Gasteiger partial charge in [-0.3, -0.25) is 14.4 Å². The number of hydrogen-bond acceptors (Lipinski definition) is 5. The van der Waals surface area contributed by atoms with Gasteiger partial charge in [0, 0.05) is 29.8 Å². The van der Waals surface area contributed by atoms with Gasteiger partial charge in [-0.05, 0) is 61.6 Å². The maximum atomic E-state index is 12.9. The van der Waals surface area contributed by atoms with Gasteiger partial charge in [0.25, 0.3) is 11.8 Å². The Balaban J connectivity index is 1.33. The minimum Gasteiger partial charge on any atom is -0.493 e. The SMILES string of the molecule is COc1cc(C(=O)NCC(=O)N(Cc2ccc(C(=O)NC3CC3)cc2)C2CC2)ccc1OC(F)F. The highest BCUT2D eigenvalue weighted by molar-refractivity contribution is 5.97. The van der Waals surface area contributed by atoms with Crippen LogP contribution < -0.4 is 20.1 Å². The van der Waals surface area contributed by atoms with Crippen LogP contribution in [-0.4, -0.2) is 55.0 Å². The highest BCUT2D eigenvalue weighted by Crippen LogP contribution is 2.30. The number of nitrogens with one attached hydrogen (secondary N) is 2. The van der Waals surface area contributed by atoms with E-state index >= 15 is 0 Å². The molecule has 2 N–H and O–H groups in total. The molecule has 10 heteroatoms. The van der Waals surface area contributed by atoms with E-state index in [0.29, 0.717) is 12.1 Å². The van der Waals surface area contributed by atoms with Crippen LogP contribution in [0.1, 0.15) is 52.0 Å². The molecule has 0 radical (unpaired) electrons. The number of methoxy groups -OCH3 is 1. The number of hydrogen-bond donors (Lipinski definition) is 2. The first kappa shape index (κ1) is 24.4. The zero-order valence-electron chi connectivity index (χ0n) is 19.3. The van der Waals surface area contributed by atoms with E-state index in [1.165, 1.54) is 25.3 Å². The summed E-state index contributed by atoms with van der Waals surface area (Å²) in [4.78, 5) is 39.3. The third-order valence-corrected chi connectivity index (χ3v) is 5.83. The zero-order chi connectivity index (χ0) is 24.9. The minimum atomic E-state index is -3.02. The molecular formula is C25H27F2N3O5. The second kappa shape index (κ2) is 10.7. The Hall–Kier alpha value is -3.69. The fourth-order valence-electron chi connectivity index (χ4n) is 3.62. The van der Waals surface area contributed by atoms with Crippen molar-refractivity contribution in [3.05, 3.63) is 59.2 Å². The Kier molecular flexibility index (Phi) is 7.48. The largest absolute Gasteiger partial charge is 0.493 e. The molecule has 0 saturated heterocycles. The Morgan fingerprint density at radius 2 is 1.66 bits per heavy atom. The van der Waals surface area contributed by atoms with E-state index in [0.717, 1.165) is 31.2 Å². The first-order valence-corrected chi connectivity index (χ1v) is 11.4. The maximum Gasteiger partial charge on any atom is 0.387 e. The fraction of sp³-hybridized carbons (Fsp3) is 0.400. The van der Waals surface area contributed by atoms with Crippen LogP contribution >= 0.6 is 0 Å². The molecule has 0 unspecified atom stereocenters. The summed E-state index contributed by atoms with van der Waals surface area (Å²) in [6.45, 7) is -2.86. The molecule has 2 saturated carbocycles. The Labute approximate surface area is 201 Å². The molecule has 2 aromatic carbocycles. The monoisotopic (exact) mass is 487 g/mol. The van der Waals surface area contributed by atoms with E-state index in [4.69, 9.17) is 4.74 Å². The quantitative estimate of drug-likeness (QED) is 0.508. The van der Waals surface area contributed by atoms with Crippen LogP contribution in [0.4, 0.5) is 8.78 Å². The van der Waals surface area contributed by atoms with E-state index in [1.54, 1.807) is 17.0 Å². The molecule has 0 aromatic heterocycles. The molecule has 2 fully saturated rings. The Morgan fingerprint density at radius 1 is 0.971 bits per heavy atom. The number of ether oxygens (including phenoxy) is 2. The lowest BCUT2D eigenvalue weighted by atomic mass is 10.1. The number of rotatable bonds is 11. The molecule has 3 amide bonds. The van der Waals surface area contributed by atoms with Crippen molar-refractivity contribution in [2.75, 3.05) is 13.7 Å². The molecule has 8 nitrogen and oxygen atoms in total. The number of nitrogens with zero attached hydrogens (tertiary/aromatic N) is 1. The number of benzene rings is 2. The second-order valence-corrected chi connectivity index (χ2v) is 8.62. The highest BCUT2D eigenvalue weighted by atomic mass is 19.3. The third-order valence-electron chi connectivity index (χ3n) is 5.83. The molecule has 0 spiro atoms. The molecule has 4 rings (SSSR count). The molecule has 0 heterocycles. The van der Waals surface area contributed by atoms with Gasteiger partial charge >= 0.3 is 6.61 Å². The van der Waals surface area contributed by atoms with Crippen LogP contribution in [0.3, 0.4) is 0 Å². The van der Waals surface area contributed by atoms with E-state index in [-0.39, 0.29) is 47.5 Å². The van der Waals surface area contributed by atoms with Gasteiger partial charge in [-0.1, -0.05) is 12.1 Å². The van der Waals surface area contributed by atoms with Crippen molar-refractivity contribution in [3.8, 4) is 11.5 Å². The van der Waals surface area contributed by atoms with Gasteiger partial charge in [0.15, 0.2) is 11.5 Å². The standard InChI is InChI=1S/C25H27F2N3O5/c1-34-21-12-17(6-11-20(21)35-25(26)27)23(32)28-13-22(31)30(19-9-10-19)14-15-2-4-16(5-3-15)24(33)29-18-7-8-18/h2-6,11-12,18-19,25H,7-10,13-14H2,1H3,(H,28,32)(H,29,33). The first-order chi connectivity index (χ1) is 16.8. The van der Waals surface area contributed by atoms with Crippen molar-refractivity contribution >= 4 is 17.7 Å². The van der Waals surface area contributed by atoms with Gasteiger partial charge in [-0.15, -0.1) is 0 Å². The summed E-state index contributed by atoms with van der Waals surface area (Å²) in [5.41, 5.74) is 1.62. The number of carbonyl (C=O) groups is 3. The van der Waals surface area contributed by atoms with Crippen molar-refractivity contribution in [2.45, 2.75) is 50.9 Å². The van der Waals surface area contributed by atoms with Crippen molar-refractivity contribution in [1.82, 2.24) is 15.5 Å². The summed E-state index contributed by atoms with van der Waals surface area (Å²) in [6.07, 6.45) is 3.82. The maximum absolute atomic E-state index is 12.9. The molecule has 2 aromatic rings. The zero-order valence-corrected chi connectivity index (χ0v) is 19.3. The molecule has 186 valence electrons. The van der Waals surface area contributed by atoms with Gasteiger partial charge in [0.2, 0.25) is 5.91 Å². The highest BCUT2D eigenvalue weighted by Gasteiger charge is 2.32. The summed E-state index contributed by atoms with van der Waals surface area (Å²) in [6, 6.07) is 11.4. The van der Waals surface area contributed by atoms with Gasteiger partial charge < -0.3 is 25.0 Å². The number of halogens is 2. The topological polar surface area (TPSA) is 97.0 Å². The first-order valence-electron chi connectivity index (χ1n) is 11.4. The second-order valence-electron chi connectivity index (χ2n) is 8.62. The smallest absolute Gasteiger partial charge is 0.387 e. The summed E-state index contributed by atoms with van der Waals surface area (Å²) >= 11 is 0. The molecule has 2 aliphatic rings. The van der Waals surface area contributed by atoms with E-state index in [1.807, 2.05) is 12.1 Å². The Bertz CT molecular complexity index is 1090. The van der Waals surface area contributed by atoms with E-state index in [9.17, 15) is 23.2 Å². The summed E-state index contributed by atoms with van der Waals surface area (Å²) < 4.78 is 34.4. The molecule has 0 aliphatic heterocycles. The normalized spacial score (nSPS) is 14.9. The Morgan fingerprint density at radius 3 is 2.26 bits per heavy atom. The molecule has 35 heavy (non-hydrogen) atoms. The number of alkyl halides is 2. The summed E-state index contributed by atoms with van der Waals surface area (Å²) in [7, 11) is 1.28. The lowest BCUT2D eigenvalue weighted by Gasteiger charge is -2.23. The van der Waals surface area contributed by atoms with Crippen LogP contribution in [0.5, 0.6) is 11.5 Å². The van der Waals surface area contributed by atoms with Crippen molar-refractivity contribution in [1.29, 1.82) is 0 Å². The van der Waals surface area contributed by atoms with Crippen LogP contribution in [0.15, 0.2) is 42.5 Å². The predicted octanol–water partition coefficient (Wildman–Crippen LogP) is 3.11. The summed E-state index contributed by atoms with van der Waals surface area (Å²) in [5, 5.41) is 5.52. The van der Waals surface area contributed by atoms with Crippen molar-refractivity contribution in [3.63, 3.8) is 0 Å². The molecular weight excluding hydrogens is 460 g/mol.